The maximum absolute atomic E-state index is 12.1. The summed E-state index contributed by atoms with van der Waals surface area (Å²) in [5, 5.41) is 5.67. The van der Waals surface area contributed by atoms with E-state index in [1.165, 1.54) is 0 Å². The topological polar surface area (TPSA) is 67.4 Å². The highest BCUT2D eigenvalue weighted by atomic mass is 16.5. The molecule has 0 spiro atoms. The van der Waals surface area contributed by atoms with Gasteiger partial charge < -0.3 is 15.4 Å². The number of amides is 2. The normalized spacial score (nSPS) is 18.6. The number of hydrogen-bond donors (Lipinski definition) is 2. The van der Waals surface area contributed by atoms with Gasteiger partial charge in [0.25, 0.3) is 5.91 Å². The number of carbonyl (C=O) groups is 2. The highest BCUT2D eigenvalue weighted by Gasteiger charge is 2.20. The predicted octanol–water partition coefficient (Wildman–Crippen LogP) is 1.48. The third-order valence-corrected chi connectivity index (χ3v) is 3.09. The van der Waals surface area contributed by atoms with E-state index in [9.17, 15) is 9.59 Å². The zero-order valence-electron chi connectivity index (χ0n) is 11.8. The fourth-order valence-corrected chi connectivity index (χ4v) is 2.08. The molecule has 0 radical (unpaired) electrons. The number of benzene rings is 1. The van der Waals surface area contributed by atoms with Crippen LogP contribution in [0.5, 0.6) is 5.75 Å². The molecule has 1 aromatic carbocycles. The summed E-state index contributed by atoms with van der Waals surface area (Å²) in [6, 6.07) is 7.07. The summed E-state index contributed by atoms with van der Waals surface area (Å²) in [6.45, 7) is 4.41. The van der Waals surface area contributed by atoms with Gasteiger partial charge in [0.05, 0.1) is 6.10 Å². The molecule has 1 saturated heterocycles. The summed E-state index contributed by atoms with van der Waals surface area (Å²) in [7, 11) is 0. The van der Waals surface area contributed by atoms with Gasteiger partial charge in [0.2, 0.25) is 5.91 Å². The van der Waals surface area contributed by atoms with E-state index in [0.717, 1.165) is 5.75 Å². The third-order valence-electron chi connectivity index (χ3n) is 3.09. The summed E-state index contributed by atoms with van der Waals surface area (Å²) in [4.78, 5) is 23.1. The molecule has 108 valence electrons. The molecule has 0 aromatic heterocycles. The molecule has 0 bridgehead atoms. The Kier molecular flexibility index (Phi) is 4.61. The first-order valence-electron chi connectivity index (χ1n) is 6.89. The molecule has 20 heavy (non-hydrogen) atoms. The lowest BCUT2D eigenvalue weighted by Crippen LogP contribution is -2.47. The first-order chi connectivity index (χ1) is 9.54. The number of rotatable bonds is 4. The monoisotopic (exact) mass is 276 g/mol. The molecule has 2 N–H and O–H groups in total. The van der Waals surface area contributed by atoms with E-state index in [1.54, 1.807) is 24.3 Å². The van der Waals surface area contributed by atoms with E-state index < -0.39 is 0 Å². The minimum absolute atomic E-state index is 0.00629. The van der Waals surface area contributed by atoms with Crippen LogP contribution in [-0.2, 0) is 4.79 Å². The Bertz CT molecular complexity index is 472. The van der Waals surface area contributed by atoms with Crippen LogP contribution in [0, 0.1) is 0 Å². The van der Waals surface area contributed by atoms with Gasteiger partial charge >= 0.3 is 0 Å². The summed E-state index contributed by atoms with van der Waals surface area (Å²) in [5.41, 5.74) is 0.595. The van der Waals surface area contributed by atoms with Crippen LogP contribution in [0.3, 0.4) is 0 Å². The summed E-state index contributed by atoms with van der Waals surface area (Å²) in [5.74, 6) is 0.675. The van der Waals surface area contributed by atoms with Crippen molar-refractivity contribution in [3.63, 3.8) is 0 Å². The fraction of sp³-hybridized carbons (Fsp3) is 0.467. The molecule has 2 rings (SSSR count). The summed E-state index contributed by atoms with van der Waals surface area (Å²) < 4.78 is 5.53. The maximum Gasteiger partial charge on any atom is 0.251 e. The van der Waals surface area contributed by atoms with E-state index in [0.29, 0.717) is 24.9 Å². The molecule has 1 aliphatic rings. The summed E-state index contributed by atoms with van der Waals surface area (Å²) in [6.07, 6.45) is 1.26. The molecule has 1 aliphatic heterocycles. The lowest BCUT2D eigenvalue weighted by atomic mass is 10.1. The fourth-order valence-electron chi connectivity index (χ4n) is 2.08. The second-order valence-electron chi connectivity index (χ2n) is 5.20. The quantitative estimate of drug-likeness (QED) is 0.875. The Morgan fingerprint density at radius 2 is 2.05 bits per heavy atom. The van der Waals surface area contributed by atoms with Gasteiger partial charge in [-0.3, -0.25) is 9.59 Å². The van der Waals surface area contributed by atoms with Gasteiger partial charge in [0, 0.05) is 24.6 Å². The van der Waals surface area contributed by atoms with Gasteiger partial charge in [-0.25, -0.2) is 0 Å². The van der Waals surface area contributed by atoms with Crippen LogP contribution in [0.2, 0.25) is 0 Å². The number of carbonyl (C=O) groups excluding carboxylic acids is 2. The van der Waals surface area contributed by atoms with E-state index in [1.807, 2.05) is 13.8 Å². The predicted molar refractivity (Wildman–Crippen MR) is 75.7 cm³/mol. The molecule has 2 amide bonds. The van der Waals surface area contributed by atoms with Crippen molar-refractivity contribution in [2.24, 2.45) is 0 Å². The van der Waals surface area contributed by atoms with Crippen LogP contribution < -0.4 is 15.4 Å². The summed E-state index contributed by atoms with van der Waals surface area (Å²) >= 11 is 0. The molecule has 0 saturated carbocycles. The minimum atomic E-state index is -0.123. The van der Waals surface area contributed by atoms with Crippen molar-refractivity contribution in [1.82, 2.24) is 10.6 Å². The van der Waals surface area contributed by atoms with Crippen molar-refractivity contribution in [2.75, 3.05) is 6.54 Å². The van der Waals surface area contributed by atoms with Gasteiger partial charge in [0.15, 0.2) is 0 Å². The van der Waals surface area contributed by atoms with Gasteiger partial charge in [-0.2, -0.15) is 0 Å². The number of nitrogens with one attached hydrogen (secondary N) is 2. The number of hydrogen-bond acceptors (Lipinski definition) is 3. The first-order valence-corrected chi connectivity index (χ1v) is 6.89. The van der Waals surface area contributed by atoms with Crippen molar-refractivity contribution in [3.8, 4) is 5.75 Å². The Hall–Kier alpha value is -2.04. The molecule has 1 fully saturated rings. The lowest BCUT2D eigenvalue weighted by Gasteiger charge is -2.23. The molecular formula is C15H20N2O3. The van der Waals surface area contributed by atoms with Crippen LogP contribution in [0.4, 0.5) is 0 Å². The van der Waals surface area contributed by atoms with Gasteiger partial charge in [0.1, 0.15) is 5.75 Å². The van der Waals surface area contributed by atoms with Crippen molar-refractivity contribution in [2.45, 2.75) is 38.8 Å². The van der Waals surface area contributed by atoms with Crippen LogP contribution in [0.15, 0.2) is 24.3 Å². The van der Waals surface area contributed by atoms with Gasteiger partial charge in [-0.15, -0.1) is 0 Å². The van der Waals surface area contributed by atoms with Crippen molar-refractivity contribution in [1.29, 1.82) is 0 Å². The minimum Gasteiger partial charge on any atom is -0.491 e. The van der Waals surface area contributed by atoms with Gasteiger partial charge in [-0.1, -0.05) is 0 Å². The SMILES string of the molecule is CC(C)Oc1ccc(C(=O)NC2CCC(=O)NC2)cc1. The van der Waals surface area contributed by atoms with Crippen LogP contribution in [0.1, 0.15) is 37.0 Å². The first kappa shape index (κ1) is 14.4. The Labute approximate surface area is 118 Å². The Morgan fingerprint density at radius 1 is 1.35 bits per heavy atom. The second-order valence-corrected chi connectivity index (χ2v) is 5.20. The highest BCUT2D eigenvalue weighted by Crippen LogP contribution is 2.14. The van der Waals surface area contributed by atoms with Crippen molar-refractivity contribution < 1.29 is 14.3 Å². The average molecular weight is 276 g/mol. The largest absolute Gasteiger partial charge is 0.491 e. The van der Waals surface area contributed by atoms with E-state index in [4.69, 9.17) is 4.74 Å². The van der Waals surface area contributed by atoms with Crippen molar-refractivity contribution >= 4 is 11.8 Å². The molecule has 1 heterocycles. The van der Waals surface area contributed by atoms with E-state index in [2.05, 4.69) is 10.6 Å². The Morgan fingerprint density at radius 3 is 2.60 bits per heavy atom. The zero-order chi connectivity index (χ0) is 14.5. The van der Waals surface area contributed by atoms with Crippen LogP contribution in [-0.4, -0.2) is 30.5 Å². The third kappa shape index (κ3) is 3.98. The van der Waals surface area contributed by atoms with E-state index >= 15 is 0 Å². The molecule has 5 nitrogen and oxygen atoms in total. The second kappa shape index (κ2) is 6.41. The van der Waals surface area contributed by atoms with Crippen LogP contribution in [0.25, 0.3) is 0 Å². The maximum atomic E-state index is 12.1. The average Bonchev–Trinajstić information content (AvgIpc) is 2.41. The molecular weight excluding hydrogens is 256 g/mol. The van der Waals surface area contributed by atoms with Crippen LogP contribution >= 0.6 is 0 Å². The van der Waals surface area contributed by atoms with E-state index in [-0.39, 0.29) is 24.0 Å². The zero-order valence-corrected chi connectivity index (χ0v) is 11.8. The molecule has 1 unspecified atom stereocenters. The standard InChI is InChI=1S/C15H20N2O3/c1-10(2)20-13-6-3-11(4-7-13)15(19)17-12-5-8-14(18)16-9-12/h3-4,6-7,10,12H,5,8-9H2,1-2H3,(H,16,18)(H,17,19). The number of ether oxygens (including phenoxy) is 1. The molecule has 0 aliphatic carbocycles. The Balaban J connectivity index is 1.90. The lowest BCUT2D eigenvalue weighted by molar-refractivity contribution is -0.122. The number of piperidine rings is 1. The molecule has 1 atom stereocenters. The molecule has 5 heteroatoms. The smallest absolute Gasteiger partial charge is 0.251 e. The molecule has 1 aromatic rings. The highest BCUT2D eigenvalue weighted by molar-refractivity contribution is 5.94. The van der Waals surface area contributed by atoms with Crippen molar-refractivity contribution in [3.05, 3.63) is 29.8 Å². The van der Waals surface area contributed by atoms with Gasteiger partial charge in [-0.05, 0) is 44.5 Å².